The van der Waals surface area contributed by atoms with Crippen LogP contribution < -0.4 is 5.32 Å². The molecule has 0 bridgehead atoms. The van der Waals surface area contributed by atoms with Crippen LogP contribution in [0.15, 0.2) is 22.7 Å². The lowest BCUT2D eigenvalue weighted by Crippen LogP contribution is -2.42. The molecule has 2 aliphatic heterocycles. The fourth-order valence-corrected chi connectivity index (χ4v) is 3.56. The molecule has 2 aliphatic rings. The van der Waals surface area contributed by atoms with Gasteiger partial charge in [-0.05, 0) is 57.5 Å². The number of nitrogens with zero attached hydrogens (tertiary/aromatic N) is 3. The highest BCUT2D eigenvalue weighted by atomic mass is 16.4. The van der Waals surface area contributed by atoms with Gasteiger partial charge in [0.25, 0.3) is 0 Å². The Labute approximate surface area is 118 Å². The van der Waals surface area contributed by atoms with Gasteiger partial charge in [-0.15, -0.1) is 0 Å². The van der Waals surface area contributed by atoms with Gasteiger partial charge < -0.3 is 9.73 Å². The van der Waals surface area contributed by atoms with E-state index in [1.165, 1.54) is 25.8 Å². The molecule has 5 heteroatoms. The normalized spacial score (nSPS) is 25.5. The molecule has 2 fully saturated rings. The molecule has 1 unspecified atom stereocenters. The first-order chi connectivity index (χ1) is 9.92. The minimum atomic E-state index is 0.340. The van der Waals surface area contributed by atoms with Gasteiger partial charge in [0, 0.05) is 12.2 Å². The second-order valence-corrected chi connectivity index (χ2v) is 5.75. The summed E-state index contributed by atoms with van der Waals surface area (Å²) < 4.78 is 5.94. The largest absolute Gasteiger partial charge is 0.437 e. The Morgan fingerprint density at radius 2 is 2.15 bits per heavy atom. The van der Waals surface area contributed by atoms with Gasteiger partial charge in [0.05, 0.1) is 6.04 Å². The quantitative estimate of drug-likeness (QED) is 0.907. The average molecular weight is 272 g/mol. The number of pyridine rings is 1. The Hall–Kier alpha value is -1.46. The highest BCUT2D eigenvalue weighted by molar-refractivity contribution is 5.66. The number of fused-ring (bicyclic) bond motifs is 1. The molecule has 0 aromatic carbocycles. The zero-order valence-electron chi connectivity index (χ0n) is 11.6. The third-order valence-corrected chi connectivity index (χ3v) is 4.54. The maximum Gasteiger partial charge on any atom is 0.214 e. The standard InChI is InChI=1S/C15H20N4O/c1-4-13-14(17-7-1)18-15(20-13)12-3-2-10-19(12)11-5-8-16-9-6-11/h1,4,7,11-12,16H,2-3,5-6,8-10H2. The van der Waals surface area contributed by atoms with Crippen LogP contribution in [0.2, 0.25) is 0 Å². The van der Waals surface area contributed by atoms with Crippen LogP contribution in [-0.4, -0.2) is 40.5 Å². The fourth-order valence-electron chi connectivity index (χ4n) is 3.56. The van der Waals surface area contributed by atoms with Crippen molar-refractivity contribution < 1.29 is 4.42 Å². The van der Waals surface area contributed by atoms with Crippen molar-refractivity contribution in [1.29, 1.82) is 0 Å². The molecule has 2 aromatic rings. The van der Waals surface area contributed by atoms with Crippen molar-refractivity contribution in [2.24, 2.45) is 0 Å². The molecule has 4 heterocycles. The molecule has 1 N–H and O–H groups in total. The molecule has 4 rings (SSSR count). The summed E-state index contributed by atoms with van der Waals surface area (Å²) >= 11 is 0. The zero-order valence-corrected chi connectivity index (χ0v) is 11.6. The highest BCUT2D eigenvalue weighted by Crippen LogP contribution is 2.36. The molecule has 0 aliphatic carbocycles. The molecule has 5 nitrogen and oxygen atoms in total. The summed E-state index contributed by atoms with van der Waals surface area (Å²) in [7, 11) is 0. The molecule has 2 aromatic heterocycles. The Balaban J connectivity index is 1.62. The van der Waals surface area contributed by atoms with E-state index in [2.05, 4.69) is 20.2 Å². The van der Waals surface area contributed by atoms with Crippen LogP contribution in [0.4, 0.5) is 0 Å². The predicted molar refractivity (Wildman–Crippen MR) is 76.4 cm³/mol. The first kappa shape index (κ1) is 12.3. The zero-order chi connectivity index (χ0) is 13.4. The third-order valence-electron chi connectivity index (χ3n) is 4.54. The maximum absolute atomic E-state index is 5.94. The van der Waals surface area contributed by atoms with E-state index < -0.39 is 0 Å². The van der Waals surface area contributed by atoms with Crippen molar-refractivity contribution in [3.8, 4) is 0 Å². The number of nitrogens with one attached hydrogen (secondary N) is 1. The van der Waals surface area contributed by atoms with Gasteiger partial charge in [0.2, 0.25) is 5.89 Å². The van der Waals surface area contributed by atoms with E-state index in [4.69, 9.17) is 4.42 Å². The summed E-state index contributed by atoms with van der Waals surface area (Å²) in [5.41, 5.74) is 1.54. The molecule has 2 saturated heterocycles. The number of oxazole rings is 1. The number of likely N-dealkylation sites (tertiary alicyclic amines) is 1. The number of hydrogen-bond donors (Lipinski definition) is 1. The van der Waals surface area contributed by atoms with E-state index in [9.17, 15) is 0 Å². The summed E-state index contributed by atoms with van der Waals surface area (Å²) in [6.45, 7) is 3.42. The van der Waals surface area contributed by atoms with Gasteiger partial charge in [0.15, 0.2) is 11.2 Å². The van der Waals surface area contributed by atoms with Gasteiger partial charge in [-0.2, -0.15) is 4.98 Å². The van der Waals surface area contributed by atoms with E-state index in [1.54, 1.807) is 6.20 Å². The molecule has 20 heavy (non-hydrogen) atoms. The van der Waals surface area contributed by atoms with Crippen LogP contribution in [0.5, 0.6) is 0 Å². The summed E-state index contributed by atoms with van der Waals surface area (Å²) in [5.74, 6) is 0.856. The SMILES string of the molecule is c1cnc2nc(C3CCCN3C3CCNCC3)oc2c1. The van der Waals surface area contributed by atoms with Crippen molar-refractivity contribution in [2.45, 2.75) is 37.8 Å². The van der Waals surface area contributed by atoms with E-state index in [-0.39, 0.29) is 0 Å². The molecule has 106 valence electrons. The second kappa shape index (κ2) is 5.14. The Morgan fingerprint density at radius 3 is 3.00 bits per heavy atom. The average Bonchev–Trinajstić information content (AvgIpc) is 3.14. The van der Waals surface area contributed by atoms with Gasteiger partial charge >= 0.3 is 0 Å². The van der Waals surface area contributed by atoms with Crippen LogP contribution in [0.1, 0.15) is 37.6 Å². The van der Waals surface area contributed by atoms with Crippen molar-refractivity contribution >= 4 is 11.2 Å². The first-order valence-corrected chi connectivity index (χ1v) is 7.60. The molecular formula is C15H20N4O. The number of piperidine rings is 1. The van der Waals surface area contributed by atoms with E-state index in [1.807, 2.05) is 12.1 Å². The van der Waals surface area contributed by atoms with Crippen molar-refractivity contribution in [3.63, 3.8) is 0 Å². The summed E-state index contributed by atoms with van der Waals surface area (Å²) in [6, 6.07) is 4.86. The minimum absolute atomic E-state index is 0.340. The topological polar surface area (TPSA) is 54.2 Å². The Kier molecular flexibility index (Phi) is 3.16. The molecule has 0 amide bonds. The lowest BCUT2D eigenvalue weighted by molar-refractivity contribution is 0.132. The monoisotopic (exact) mass is 272 g/mol. The van der Waals surface area contributed by atoms with Gasteiger partial charge in [0.1, 0.15) is 0 Å². The Bertz CT molecular complexity index is 557. The van der Waals surface area contributed by atoms with Crippen molar-refractivity contribution in [1.82, 2.24) is 20.2 Å². The van der Waals surface area contributed by atoms with E-state index in [0.29, 0.717) is 12.1 Å². The fraction of sp³-hybridized carbons (Fsp3) is 0.600. The lowest BCUT2D eigenvalue weighted by Gasteiger charge is -2.34. The molecular weight excluding hydrogens is 252 g/mol. The van der Waals surface area contributed by atoms with Crippen LogP contribution in [0, 0.1) is 0 Å². The smallest absolute Gasteiger partial charge is 0.214 e. The summed E-state index contributed by atoms with van der Waals surface area (Å²) in [6.07, 6.45) is 6.62. The van der Waals surface area contributed by atoms with Crippen LogP contribution in [0.3, 0.4) is 0 Å². The van der Waals surface area contributed by atoms with Crippen LogP contribution >= 0.6 is 0 Å². The lowest BCUT2D eigenvalue weighted by atomic mass is 10.0. The molecule has 0 saturated carbocycles. The van der Waals surface area contributed by atoms with Gasteiger partial charge in [-0.1, -0.05) is 0 Å². The summed E-state index contributed by atoms with van der Waals surface area (Å²) in [5, 5.41) is 3.44. The Morgan fingerprint density at radius 1 is 1.25 bits per heavy atom. The van der Waals surface area contributed by atoms with Gasteiger partial charge in [-0.25, -0.2) is 4.98 Å². The maximum atomic E-state index is 5.94. The summed E-state index contributed by atoms with van der Waals surface area (Å²) in [4.78, 5) is 11.5. The minimum Gasteiger partial charge on any atom is -0.437 e. The van der Waals surface area contributed by atoms with Crippen LogP contribution in [0.25, 0.3) is 11.2 Å². The molecule has 1 atom stereocenters. The van der Waals surface area contributed by atoms with Crippen LogP contribution in [-0.2, 0) is 0 Å². The van der Waals surface area contributed by atoms with Gasteiger partial charge in [-0.3, -0.25) is 4.90 Å². The third kappa shape index (κ3) is 2.11. The van der Waals surface area contributed by atoms with Crippen molar-refractivity contribution in [3.05, 3.63) is 24.2 Å². The van der Waals surface area contributed by atoms with Crippen molar-refractivity contribution in [2.75, 3.05) is 19.6 Å². The van der Waals surface area contributed by atoms with E-state index >= 15 is 0 Å². The second-order valence-electron chi connectivity index (χ2n) is 5.75. The number of aromatic nitrogens is 2. The number of hydrogen-bond acceptors (Lipinski definition) is 5. The van der Waals surface area contributed by atoms with E-state index in [0.717, 1.165) is 36.6 Å². The number of rotatable bonds is 2. The molecule has 0 spiro atoms. The predicted octanol–water partition coefficient (Wildman–Crippen LogP) is 2.11. The molecule has 0 radical (unpaired) electrons. The highest BCUT2D eigenvalue weighted by Gasteiger charge is 2.35. The first-order valence-electron chi connectivity index (χ1n) is 7.60.